The van der Waals surface area contributed by atoms with Gasteiger partial charge >= 0.3 is 0 Å². The van der Waals surface area contributed by atoms with Crippen molar-refractivity contribution >= 4 is 21.6 Å². The quantitative estimate of drug-likeness (QED) is 0.550. The topological polar surface area (TPSA) is 84.9 Å². The Labute approximate surface area is 179 Å². The van der Waals surface area contributed by atoms with Crippen molar-refractivity contribution in [2.75, 3.05) is 30.8 Å². The highest BCUT2D eigenvalue weighted by Crippen LogP contribution is 2.29. The van der Waals surface area contributed by atoms with Gasteiger partial charge in [0.2, 0.25) is 15.9 Å². The first-order chi connectivity index (χ1) is 14.2. The van der Waals surface area contributed by atoms with Crippen LogP contribution in [0.15, 0.2) is 48.5 Å². The van der Waals surface area contributed by atoms with Crippen LogP contribution < -0.4 is 19.1 Å². The Balaban J connectivity index is 1.87. The highest BCUT2D eigenvalue weighted by Gasteiger charge is 2.23. The van der Waals surface area contributed by atoms with Gasteiger partial charge in [0, 0.05) is 6.54 Å². The largest absolute Gasteiger partial charge is 0.495 e. The van der Waals surface area contributed by atoms with Crippen LogP contribution in [-0.4, -0.2) is 46.9 Å². The highest BCUT2D eigenvalue weighted by molar-refractivity contribution is 7.92. The van der Waals surface area contributed by atoms with Gasteiger partial charge in [0.05, 0.1) is 25.2 Å². The first kappa shape index (κ1) is 23.5. The molecule has 0 heterocycles. The van der Waals surface area contributed by atoms with Gasteiger partial charge < -0.3 is 14.8 Å². The highest BCUT2D eigenvalue weighted by atomic mass is 32.2. The van der Waals surface area contributed by atoms with Gasteiger partial charge in [-0.25, -0.2) is 8.42 Å². The number of rotatable bonds is 11. The summed E-state index contributed by atoms with van der Waals surface area (Å²) in [7, 11) is -2.19. The maximum atomic E-state index is 12.4. The lowest BCUT2D eigenvalue weighted by Gasteiger charge is -2.23. The monoisotopic (exact) mass is 434 g/mol. The summed E-state index contributed by atoms with van der Waals surface area (Å²) in [4.78, 5) is 12.4. The Morgan fingerprint density at radius 3 is 2.37 bits per heavy atom. The van der Waals surface area contributed by atoms with Gasteiger partial charge in [-0.1, -0.05) is 24.3 Å². The number of methoxy groups -OCH3 is 1. The minimum Gasteiger partial charge on any atom is -0.495 e. The summed E-state index contributed by atoms with van der Waals surface area (Å²) in [6.07, 6.45) is 2.74. The summed E-state index contributed by atoms with van der Waals surface area (Å²) >= 11 is 0. The maximum absolute atomic E-state index is 12.4. The number of ether oxygens (including phenoxy) is 2. The van der Waals surface area contributed by atoms with Gasteiger partial charge in [0.15, 0.2) is 0 Å². The maximum Gasteiger partial charge on any atom is 0.240 e. The van der Waals surface area contributed by atoms with E-state index in [9.17, 15) is 13.2 Å². The molecular weight excluding hydrogens is 404 g/mol. The number of hydrogen-bond acceptors (Lipinski definition) is 5. The first-order valence-corrected chi connectivity index (χ1v) is 11.7. The molecule has 0 aliphatic carbocycles. The summed E-state index contributed by atoms with van der Waals surface area (Å²) in [6, 6.07) is 14.6. The standard InChI is InChI=1S/C22H30N2O5S/c1-17(2)29-19-13-11-18(12-14-19)8-7-15-23-22(25)16-24(30(4,26)27)20-9-5-6-10-21(20)28-3/h5-6,9-14,17H,7-8,15-16H2,1-4H3,(H,23,25). The summed E-state index contributed by atoms with van der Waals surface area (Å²) in [5.41, 5.74) is 1.48. The van der Waals surface area contributed by atoms with Gasteiger partial charge in [-0.05, 0) is 56.5 Å². The first-order valence-electron chi connectivity index (χ1n) is 9.83. The molecule has 0 unspecified atom stereocenters. The second kappa shape index (κ2) is 10.9. The normalized spacial score (nSPS) is 11.2. The van der Waals surface area contributed by atoms with Crippen molar-refractivity contribution in [3.8, 4) is 11.5 Å². The number of para-hydroxylation sites is 2. The second-order valence-corrected chi connectivity index (χ2v) is 9.11. The van der Waals surface area contributed by atoms with Crippen molar-refractivity contribution in [3.05, 3.63) is 54.1 Å². The Morgan fingerprint density at radius 1 is 1.10 bits per heavy atom. The third-order valence-corrected chi connectivity index (χ3v) is 5.43. The molecule has 1 amide bonds. The van der Waals surface area contributed by atoms with Gasteiger partial charge in [0.1, 0.15) is 18.0 Å². The molecule has 2 aromatic rings. The number of benzene rings is 2. The van der Waals surface area contributed by atoms with Crippen LogP contribution in [0.3, 0.4) is 0 Å². The SMILES string of the molecule is COc1ccccc1N(CC(=O)NCCCc1ccc(OC(C)C)cc1)S(C)(=O)=O. The van der Waals surface area contributed by atoms with Crippen LogP contribution in [0.1, 0.15) is 25.8 Å². The summed E-state index contributed by atoms with van der Waals surface area (Å²) in [6.45, 7) is 4.11. The zero-order chi connectivity index (χ0) is 22.1. The fraction of sp³-hybridized carbons (Fsp3) is 0.409. The molecule has 0 aliphatic rings. The molecule has 8 heteroatoms. The number of aryl methyl sites for hydroxylation is 1. The summed E-state index contributed by atoms with van der Waals surface area (Å²) < 4.78 is 36.4. The van der Waals surface area contributed by atoms with E-state index in [1.54, 1.807) is 24.3 Å². The van der Waals surface area contributed by atoms with E-state index >= 15 is 0 Å². The van der Waals surface area contributed by atoms with Crippen LogP contribution in [0.25, 0.3) is 0 Å². The average Bonchev–Trinajstić information content (AvgIpc) is 2.69. The predicted octanol–water partition coefficient (Wildman–Crippen LogP) is 3.00. The van der Waals surface area contributed by atoms with Gasteiger partial charge in [-0.2, -0.15) is 0 Å². The van der Waals surface area contributed by atoms with E-state index in [-0.39, 0.29) is 18.6 Å². The van der Waals surface area contributed by atoms with Gasteiger partial charge in [0.25, 0.3) is 0 Å². The number of carbonyl (C=O) groups excluding carboxylic acids is 1. The third-order valence-electron chi connectivity index (χ3n) is 4.30. The molecule has 0 aromatic heterocycles. The predicted molar refractivity (Wildman–Crippen MR) is 119 cm³/mol. The number of nitrogens with one attached hydrogen (secondary N) is 1. The van der Waals surface area contributed by atoms with E-state index in [1.165, 1.54) is 7.11 Å². The number of nitrogens with zero attached hydrogens (tertiary/aromatic N) is 1. The average molecular weight is 435 g/mol. The van der Waals surface area contributed by atoms with E-state index in [2.05, 4.69) is 5.32 Å². The van der Waals surface area contributed by atoms with Crippen molar-refractivity contribution in [2.24, 2.45) is 0 Å². The van der Waals surface area contributed by atoms with Crippen molar-refractivity contribution < 1.29 is 22.7 Å². The van der Waals surface area contributed by atoms with Crippen LogP contribution in [0, 0.1) is 0 Å². The lowest BCUT2D eigenvalue weighted by molar-refractivity contribution is -0.119. The molecule has 2 aromatic carbocycles. The number of anilines is 1. The van der Waals surface area contributed by atoms with Crippen LogP contribution in [-0.2, 0) is 21.2 Å². The Morgan fingerprint density at radius 2 is 1.77 bits per heavy atom. The van der Waals surface area contributed by atoms with Crippen LogP contribution in [0.4, 0.5) is 5.69 Å². The molecule has 2 rings (SSSR count). The smallest absolute Gasteiger partial charge is 0.240 e. The molecule has 0 saturated carbocycles. The summed E-state index contributed by atoms with van der Waals surface area (Å²) in [5.74, 6) is 0.854. The minimum absolute atomic E-state index is 0.133. The second-order valence-electron chi connectivity index (χ2n) is 7.21. The Bertz CT molecular complexity index is 927. The molecule has 0 aliphatic heterocycles. The molecule has 30 heavy (non-hydrogen) atoms. The van der Waals surface area contributed by atoms with Gasteiger partial charge in [-0.3, -0.25) is 9.10 Å². The fourth-order valence-corrected chi connectivity index (χ4v) is 3.79. The van der Waals surface area contributed by atoms with Crippen LogP contribution >= 0.6 is 0 Å². The number of carbonyl (C=O) groups is 1. The van der Waals surface area contributed by atoms with E-state index in [1.807, 2.05) is 38.1 Å². The van der Waals surface area contributed by atoms with Crippen molar-refractivity contribution in [2.45, 2.75) is 32.8 Å². The Hall–Kier alpha value is -2.74. The minimum atomic E-state index is -3.65. The van der Waals surface area contributed by atoms with E-state index < -0.39 is 10.0 Å². The number of hydrogen-bond donors (Lipinski definition) is 1. The molecule has 0 spiro atoms. The van der Waals surface area contributed by atoms with E-state index in [4.69, 9.17) is 9.47 Å². The van der Waals surface area contributed by atoms with Crippen LogP contribution in [0.5, 0.6) is 11.5 Å². The molecular formula is C22H30N2O5S. The number of amides is 1. The molecule has 0 bridgehead atoms. The third kappa shape index (κ3) is 7.26. The van der Waals surface area contributed by atoms with E-state index in [0.29, 0.717) is 18.0 Å². The van der Waals surface area contributed by atoms with E-state index in [0.717, 1.165) is 34.7 Å². The fourth-order valence-electron chi connectivity index (χ4n) is 2.93. The van der Waals surface area contributed by atoms with Crippen molar-refractivity contribution in [3.63, 3.8) is 0 Å². The molecule has 0 saturated heterocycles. The molecule has 0 fully saturated rings. The van der Waals surface area contributed by atoms with Crippen molar-refractivity contribution in [1.82, 2.24) is 5.32 Å². The summed E-state index contributed by atoms with van der Waals surface area (Å²) in [5, 5.41) is 2.79. The number of sulfonamides is 1. The van der Waals surface area contributed by atoms with Crippen LogP contribution in [0.2, 0.25) is 0 Å². The Kier molecular flexibility index (Phi) is 8.53. The van der Waals surface area contributed by atoms with Gasteiger partial charge in [-0.15, -0.1) is 0 Å². The lowest BCUT2D eigenvalue weighted by Crippen LogP contribution is -2.40. The lowest BCUT2D eigenvalue weighted by atomic mass is 10.1. The molecule has 7 nitrogen and oxygen atoms in total. The zero-order valence-electron chi connectivity index (χ0n) is 17.9. The molecule has 0 radical (unpaired) electrons. The molecule has 164 valence electrons. The molecule has 0 atom stereocenters. The van der Waals surface area contributed by atoms with Crippen molar-refractivity contribution in [1.29, 1.82) is 0 Å². The molecule has 1 N–H and O–H groups in total. The zero-order valence-corrected chi connectivity index (χ0v) is 18.7.